The number of aromatic nitrogens is 2. The molecule has 188 valence electrons. The lowest BCUT2D eigenvalue weighted by atomic mass is 9.77. The highest BCUT2D eigenvalue weighted by Gasteiger charge is 2.25. The third kappa shape index (κ3) is 6.98. The first-order valence-electron chi connectivity index (χ1n) is 11.7. The first-order chi connectivity index (χ1) is 17.2. The summed E-state index contributed by atoms with van der Waals surface area (Å²) in [5.41, 5.74) is 3.92. The molecule has 0 aliphatic rings. The summed E-state index contributed by atoms with van der Waals surface area (Å²) in [4.78, 5) is 19.3. The van der Waals surface area contributed by atoms with Crippen LogP contribution in [0.2, 0.25) is 0 Å². The molecule has 0 saturated heterocycles. The lowest BCUT2D eigenvalue weighted by molar-refractivity contribution is -0.137. The molecular weight excluding hydrogens is 474 g/mol. The molecule has 0 atom stereocenters. The zero-order chi connectivity index (χ0) is 26.1. The minimum atomic E-state index is -0.814. The number of ether oxygens (including phenoxy) is 2. The van der Waals surface area contributed by atoms with Crippen molar-refractivity contribution in [1.82, 2.24) is 9.97 Å². The van der Waals surface area contributed by atoms with Crippen molar-refractivity contribution >= 4 is 17.7 Å². The second-order valence-corrected chi connectivity index (χ2v) is 9.73. The Morgan fingerprint density at radius 3 is 2.53 bits per heavy atom. The number of thioether (sulfide) groups is 1. The Labute approximate surface area is 216 Å². The number of nitrogens with zero attached hydrogens (tertiary/aromatic N) is 3. The molecule has 0 saturated carbocycles. The maximum absolute atomic E-state index is 10.7. The fourth-order valence-electron chi connectivity index (χ4n) is 3.81. The molecule has 1 aromatic heterocycles. The monoisotopic (exact) mass is 505 g/mol. The number of carboxylic acids is 1. The van der Waals surface area contributed by atoms with E-state index >= 15 is 0 Å². The first kappa shape index (κ1) is 27.0. The average molecular weight is 506 g/mol. The summed E-state index contributed by atoms with van der Waals surface area (Å²) in [7, 11) is 0. The molecule has 1 heterocycles. The van der Waals surface area contributed by atoms with Crippen LogP contribution in [0.25, 0.3) is 0 Å². The molecule has 0 fully saturated rings. The maximum Gasteiger partial charge on any atom is 0.303 e. The molecule has 36 heavy (non-hydrogen) atoms. The van der Waals surface area contributed by atoms with Crippen LogP contribution in [0.15, 0.2) is 53.8 Å². The van der Waals surface area contributed by atoms with Crippen LogP contribution in [-0.4, -0.2) is 33.9 Å². The SMILES string of the molecule is CSc1nccc(COc2ccc(C(C)(C)c3cc(C)c(OCCCCC(=O)O)c(C#N)c3)cc2)n1. The highest BCUT2D eigenvalue weighted by molar-refractivity contribution is 7.98. The van der Waals surface area contributed by atoms with Gasteiger partial charge < -0.3 is 14.6 Å². The minimum Gasteiger partial charge on any atom is -0.492 e. The zero-order valence-corrected chi connectivity index (χ0v) is 21.9. The van der Waals surface area contributed by atoms with Crippen molar-refractivity contribution in [2.24, 2.45) is 0 Å². The van der Waals surface area contributed by atoms with Gasteiger partial charge in [-0.25, -0.2) is 9.97 Å². The van der Waals surface area contributed by atoms with E-state index in [-0.39, 0.29) is 11.8 Å². The van der Waals surface area contributed by atoms with Gasteiger partial charge in [-0.1, -0.05) is 43.8 Å². The largest absolute Gasteiger partial charge is 0.492 e. The zero-order valence-electron chi connectivity index (χ0n) is 21.1. The first-order valence-corrected chi connectivity index (χ1v) is 13.0. The van der Waals surface area contributed by atoms with Gasteiger partial charge in [-0.3, -0.25) is 4.79 Å². The van der Waals surface area contributed by atoms with Crippen LogP contribution in [0, 0.1) is 18.3 Å². The number of unbranched alkanes of at least 4 members (excludes halogenated alkanes) is 1. The van der Waals surface area contributed by atoms with E-state index in [1.54, 1.807) is 6.20 Å². The molecule has 0 aliphatic carbocycles. The lowest BCUT2D eigenvalue weighted by Gasteiger charge is -2.27. The van der Waals surface area contributed by atoms with Gasteiger partial charge in [0.1, 0.15) is 24.2 Å². The van der Waals surface area contributed by atoms with Crippen LogP contribution in [0.4, 0.5) is 0 Å². The molecule has 8 heteroatoms. The predicted octanol–water partition coefficient (Wildman–Crippen LogP) is 5.92. The Morgan fingerprint density at radius 1 is 1.11 bits per heavy atom. The molecule has 0 amide bonds. The summed E-state index contributed by atoms with van der Waals surface area (Å²) < 4.78 is 11.8. The Balaban J connectivity index is 1.70. The maximum atomic E-state index is 10.7. The fraction of sp³-hybridized carbons (Fsp3) is 0.357. The van der Waals surface area contributed by atoms with Gasteiger partial charge in [-0.2, -0.15) is 5.26 Å². The summed E-state index contributed by atoms with van der Waals surface area (Å²) >= 11 is 1.49. The van der Waals surface area contributed by atoms with E-state index in [9.17, 15) is 10.1 Å². The number of nitriles is 1. The molecule has 7 nitrogen and oxygen atoms in total. The Hall–Kier alpha value is -3.57. The second-order valence-electron chi connectivity index (χ2n) is 8.95. The minimum absolute atomic E-state index is 0.115. The van der Waals surface area contributed by atoms with E-state index in [1.807, 2.05) is 49.6 Å². The number of carbonyl (C=O) groups is 1. The molecule has 3 aromatic rings. The van der Waals surface area contributed by atoms with E-state index in [1.165, 1.54) is 11.8 Å². The number of benzene rings is 2. The number of carboxylic acid groups (broad SMARTS) is 1. The Kier molecular flexibility index (Phi) is 9.31. The van der Waals surface area contributed by atoms with Gasteiger partial charge in [-0.15, -0.1) is 0 Å². The van der Waals surface area contributed by atoms with Gasteiger partial charge >= 0.3 is 5.97 Å². The summed E-state index contributed by atoms with van der Waals surface area (Å²) in [6, 6.07) is 16.0. The molecule has 0 aliphatic heterocycles. The molecule has 1 N–H and O–H groups in total. The van der Waals surface area contributed by atoms with Crippen molar-refractivity contribution in [2.75, 3.05) is 12.9 Å². The normalized spacial score (nSPS) is 11.1. The topological polar surface area (TPSA) is 105 Å². The second kappa shape index (κ2) is 12.4. The fourth-order valence-corrected chi connectivity index (χ4v) is 4.18. The standard InChI is InChI=1S/C28H31N3O4S/c1-19-15-22(16-20(17-29)26(19)34-14-6-5-7-25(32)33)28(2,3)21-8-10-24(11-9-21)35-18-23-12-13-30-27(31-23)36-4/h8-13,15-16H,5-7,14,18H2,1-4H3,(H,32,33). The molecule has 0 spiro atoms. The Morgan fingerprint density at radius 2 is 1.86 bits per heavy atom. The van der Waals surface area contributed by atoms with E-state index < -0.39 is 5.97 Å². The van der Waals surface area contributed by atoms with Crippen LogP contribution < -0.4 is 9.47 Å². The quantitative estimate of drug-likeness (QED) is 0.184. The number of aryl methyl sites for hydroxylation is 1. The van der Waals surface area contributed by atoms with E-state index in [0.717, 1.165) is 33.3 Å². The van der Waals surface area contributed by atoms with E-state index in [2.05, 4.69) is 36.0 Å². The van der Waals surface area contributed by atoms with Crippen LogP contribution in [-0.2, 0) is 16.8 Å². The number of hydrogen-bond acceptors (Lipinski definition) is 7. The molecule has 0 bridgehead atoms. The van der Waals surface area contributed by atoms with Gasteiger partial charge in [0.15, 0.2) is 5.16 Å². The van der Waals surface area contributed by atoms with Gasteiger partial charge in [0, 0.05) is 18.0 Å². The number of rotatable bonds is 12. The van der Waals surface area contributed by atoms with Gasteiger partial charge in [-0.05, 0) is 67.0 Å². The van der Waals surface area contributed by atoms with Crippen molar-refractivity contribution in [2.45, 2.75) is 57.2 Å². The van der Waals surface area contributed by atoms with Crippen molar-refractivity contribution in [1.29, 1.82) is 5.26 Å². The molecule has 2 aromatic carbocycles. The van der Waals surface area contributed by atoms with Crippen LogP contribution in [0.5, 0.6) is 11.5 Å². The van der Waals surface area contributed by atoms with Gasteiger partial charge in [0.05, 0.1) is 17.9 Å². The highest BCUT2D eigenvalue weighted by atomic mass is 32.2. The van der Waals surface area contributed by atoms with Crippen molar-refractivity contribution < 1.29 is 19.4 Å². The van der Waals surface area contributed by atoms with E-state index in [4.69, 9.17) is 14.6 Å². The van der Waals surface area contributed by atoms with Crippen molar-refractivity contribution in [3.8, 4) is 17.6 Å². The summed E-state index contributed by atoms with van der Waals surface area (Å²) in [6.45, 7) is 6.91. The smallest absolute Gasteiger partial charge is 0.303 e. The summed E-state index contributed by atoms with van der Waals surface area (Å²) in [6.07, 6.45) is 4.95. The Bertz CT molecular complexity index is 1240. The van der Waals surface area contributed by atoms with Gasteiger partial charge in [0.2, 0.25) is 0 Å². The highest BCUT2D eigenvalue weighted by Crippen LogP contribution is 2.36. The number of aliphatic carboxylic acids is 1. The number of hydrogen-bond donors (Lipinski definition) is 1. The van der Waals surface area contributed by atoms with Crippen LogP contribution >= 0.6 is 11.8 Å². The molecule has 0 radical (unpaired) electrons. The van der Waals surface area contributed by atoms with Gasteiger partial charge in [0.25, 0.3) is 0 Å². The van der Waals surface area contributed by atoms with Crippen LogP contribution in [0.3, 0.4) is 0 Å². The molecular formula is C28H31N3O4S. The van der Waals surface area contributed by atoms with Crippen molar-refractivity contribution in [3.63, 3.8) is 0 Å². The predicted molar refractivity (Wildman–Crippen MR) is 140 cm³/mol. The van der Waals surface area contributed by atoms with E-state index in [0.29, 0.717) is 37.4 Å². The van der Waals surface area contributed by atoms with Crippen LogP contribution in [0.1, 0.15) is 61.1 Å². The summed E-state index contributed by atoms with van der Waals surface area (Å²) in [5, 5.41) is 19.3. The molecule has 0 unspecified atom stereocenters. The summed E-state index contributed by atoms with van der Waals surface area (Å²) in [5.74, 6) is 0.496. The lowest BCUT2D eigenvalue weighted by Crippen LogP contribution is -2.19. The molecule has 3 rings (SSSR count). The third-order valence-electron chi connectivity index (χ3n) is 5.98. The van der Waals surface area contributed by atoms with Crippen molar-refractivity contribution in [3.05, 3.63) is 76.6 Å². The third-order valence-corrected chi connectivity index (χ3v) is 6.55. The average Bonchev–Trinajstić information content (AvgIpc) is 2.87.